The van der Waals surface area contributed by atoms with Crippen LogP contribution in [0.4, 0.5) is 5.69 Å². The number of hydrogen-bond acceptors (Lipinski definition) is 4. The van der Waals surface area contributed by atoms with Gasteiger partial charge in [0.2, 0.25) is 5.91 Å². The van der Waals surface area contributed by atoms with E-state index in [9.17, 15) is 4.79 Å². The molecule has 1 aromatic heterocycles. The van der Waals surface area contributed by atoms with Gasteiger partial charge >= 0.3 is 0 Å². The number of nitrogens with one attached hydrogen (secondary N) is 1. The summed E-state index contributed by atoms with van der Waals surface area (Å²) in [6.07, 6.45) is 4.54. The Morgan fingerprint density at radius 1 is 1.20 bits per heavy atom. The van der Waals surface area contributed by atoms with Crippen LogP contribution in [-0.4, -0.2) is 20.1 Å². The average molecular weight is 273 g/mol. The number of rotatable bonds is 5. The van der Waals surface area contributed by atoms with Crippen LogP contribution in [0.15, 0.2) is 47.1 Å². The molecule has 2 rings (SSSR count). The van der Waals surface area contributed by atoms with Crippen LogP contribution >= 0.6 is 0 Å². The molecule has 0 unspecified atom stereocenters. The predicted octanol–water partition coefficient (Wildman–Crippen LogP) is 2.95. The molecule has 0 aliphatic carbocycles. The van der Waals surface area contributed by atoms with Crippen LogP contribution in [0, 0.1) is 0 Å². The van der Waals surface area contributed by atoms with Gasteiger partial charge in [0, 0.05) is 17.8 Å². The predicted molar refractivity (Wildman–Crippen MR) is 75.9 cm³/mol. The number of methoxy groups -OCH3 is 2. The van der Waals surface area contributed by atoms with E-state index in [1.807, 2.05) is 0 Å². The van der Waals surface area contributed by atoms with E-state index in [2.05, 4.69) is 5.32 Å². The largest absolute Gasteiger partial charge is 0.493 e. The number of carbonyl (C=O) groups excluding carboxylic acids is 1. The molecule has 0 bridgehead atoms. The van der Waals surface area contributed by atoms with Gasteiger partial charge < -0.3 is 19.2 Å². The van der Waals surface area contributed by atoms with Crippen molar-refractivity contribution in [3.63, 3.8) is 0 Å². The molecule has 0 atom stereocenters. The van der Waals surface area contributed by atoms with Crippen LogP contribution in [0.1, 0.15) is 5.76 Å². The van der Waals surface area contributed by atoms with Crippen LogP contribution in [0.25, 0.3) is 6.08 Å². The van der Waals surface area contributed by atoms with Crippen molar-refractivity contribution in [1.29, 1.82) is 0 Å². The summed E-state index contributed by atoms with van der Waals surface area (Å²) < 4.78 is 15.4. The van der Waals surface area contributed by atoms with Crippen molar-refractivity contribution >= 4 is 17.7 Å². The Bertz CT molecular complexity index is 602. The average Bonchev–Trinajstić information content (AvgIpc) is 2.98. The van der Waals surface area contributed by atoms with E-state index in [0.29, 0.717) is 22.9 Å². The Kier molecular flexibility index (Phi) is 4.44. The first-order chi connectivity index (χ1) is 9.72. The SMILES string of the molecule is COc1ccc(NC(=O)C=Cc2ccco2)cc1OC. The molecule has 1 heterocycles. The number of benzene rings is 1. The van der Waals surface area contributed by atoms with E-state index in [-0.39, 0.29) is 5.91 Å². The molecule has 104 valence electrons. The molecular formula is C15H15NO4. The molecule has 0 saturated carbocycles. The summed E-state index contributed by atoms with van der Waals surface area (Å²) in [5, 5.41) is 2.73. The van der Waals surface area contributed by atoms with Gasteiger partial charge in [-0.2, -0.15) is 0 Å². The number of hydrogen-bond donors (Lipinski definition) is 1. The molecule has 20 heavy (non-hydrogen) atoms. The lowest BCUT2D eigenvalue weighted by atomic mass is 10.2. The number of amides is 1. The Labute approximate surface area is 116 Å². The highest BCUT2D eigenvalue weighted by molar-refractivity contribution is 6.01. The summed E-state index contributed by atoms with van der Waals surface area (Å²) in [6.45, 7) is 0. The summed E-state index contributed by atoms with van der Waals surface area (Å²) in [4.78, 5) is 11.8. The Hall–Kier alpha value is -2.69. The van der Waals surface area contributed by atoms with Crippen molar-refractivity contribution in [2.24, 2.45) is 0 Å². The van der Waals surface area contributed by atoms with E-state index >= 15 is 0 Å². The minimum atomic E-state index is -0.256. The van der Waals surface area contributed by atoms with Crippen molar-refractivity contribution in [2.75, 3.05) is 19.5 Å². The highest BCUT2D eigenvalue weighted by atomic mass is 16.5. The zero-order chi connectivity index (χ0) is 14.4. The second-order valence-corrected chi connectivity index (χ2v) is 3.91. The lowest BCUT2D eigenvalue weighted by Crippen LogP contribution is -2.07. The van der Waals surface area contributed by atoms with Gasteiger partial charge in [-0.1, -0.05) is 0 Å². The summed E-state index contributed by atoms with van der Waals surface area (Å²) in [7, 11) is 3.10. The molecule has 1 amide bonds. The van der Waals surface area contributed by atoms with Crippen molar-refractivity contribution in [3.05, 3.63) is 48.4 Å². The molecule has 1 aromatic carbocycles. The summed E-state index contributed by atoms with van der Waals surface area (Å²) in [5.74, 6) is 1.53. The van der Waals surface area contributed by atoms with Gasteiger partial charge in [-0.05, 0) is 30.3 Å². The van der Waals surface area contributed by atoms with Gasteiger partial charge in [0.05, 0.1) is 20.5 Å². The Balaban J connectivity index is 2.04. The van der Waals surface area contributed by atoms with Gasteiger partial charge in [-0.15, -0.1) is 0 Å². The topological polar surface area (TPSA) is 60.7 Å². The van der Waals surface area contributed by atoms with Crippen LogP contribution in [0.5, 0.6) is 11.5 Å². The Morgan fingerprint density at radius 3 is 2.65 bits per heavy atom. The molecule has 0 aliphatic heterocycles. The summed E-state index contributed by atoms with van der Waals surface area (Å²) >= 11 is 0. The fourth-order valence-electron chi connectivity index (χ4n) is 1.64. The number of ether oxygens (including phenoxy) is 2. The molecule has 2 aromatic rings. The minimum Gasteiger partial charge on any atom is -0.493 e. The molecule has 0 fully saturated rings. The number of carbonyl (C=O) groups is 1. The van der Waals surface area contributed by atoms with Crippen LogP contribution in [0.2, 0.25) is 0 Å². The first-order valence-electron chi connectivity index (χ1n) is 5.97. The van der Waals surface area contributed by atoms with Gasteiger partial charge in [0.1, 0.15) is 5.76 Å². The molecule has 0 saturated heterocycles. The maximum absolute atomic E-state index is 11.8. The highest BCUT2D eigenvalue weighted by Gasteiger charge is 2.05. The maximum Gasteiger partial charge on any atom is 0.248 e. The number of anilines is 1. The lowest BCUT2D eigenvalue weighted by molar-refractivity contribution is -0.111. The first kappa shape index (κ1) is 13.7. The standard InChI is InChI=1S/C15H15NO4/c1-18-13-7-5-11(10-14(13)19-2)16-15(17)8-6-12-4-3-9-20-12/h3-10H,1-2H3,(H,16,17). The minimum absolute atomic E-state index is 0.256. The third-order valence-electron chi connectivity index (χ3n) is 2.59. The van der Waals surface area contributed by atoms with E-state index < -0.39 is 0 Å². The fourth-order valence-corrected chi connectivity index (χ4v) is 1.64. The van der Waals surface area contributed by atoms with Gasteiger partial charge in [-0.3, -0.25) is 4.79 Å². The molecule has 5 heteroatoms. The van der Waals surface area contributed by atoms with Crippen LogP contribution in [0.3, 0.4) is 0 Å². The van der Waals surface area contributed by atoms with Gasteiger partial charge in [-0.25, -0.2) is 0 Å². The quantitative estimate of drug-likeness (QED) is 0.851. The second kappa shape index (κ2) is 6.47. The third-order valence-corrected chi connectivity index (χ3v) is 2.59. The molecule has 5 nitrogen and oxygen atoms in total. The maximum atomic E-state index is 11.8. The lowest BCUT2D eigenvalue weighted by Gasteiger charge is -2.09. The van der Waals surface area contributed by atoms with Crippen LogP contribution < -0.4 is 14.8 Å². The van der Waals surface area contributed by atoms with Crippen molar-refractivity contribution < 1.29 is 18.7 Å². The normalized spacial score (nSPS) is 10.5. The molecule has 0 aliphatic rings. The summed E-state index contributed by atoms with van der Waals surface area (Å²) in [5.41, 5.74) is 0.622. The summed E-state index contributed by atoms with van der Waals surface area (Å²) in [6, 6.07) is 8.67. The zero-order valence-electron chi connectivity index (χ0n) is 11.3. The highest BCUT2D eigenvalue weighted by Crippen LogP contribution is 2.29. The molecular weight excluding hydrogens is 258 g/mol. The molecule has 0 radical (unpaired) electrons. The third kappa shape index (κ3) is 3.41. The monoisotopic (exact) mass is 273 g/mol. The molecule has 1 N–H and O–H groups in total. The van der Waals surface area contributed by atoms with Crippen molar-refractivity contribution in [1.82, 2.24) is 0 Å². The second-order valence-electron chi connectivity index (χ2n) is 3.91. The number of furan rings is 1. The van der Waals surface area contributed by atoms with E-state index in [4.69, 9.17) is 13.9 Å². The van der Waals surface area contributed by atoms with Crippen LogP contribution in [-0.2, 0) is 4.79 Å². The van der Waals surface area contributed by atoms with E-state index in [1.165, 1.54) is 6.08 Å². The van der Waals surface area contributed by atoms with E-state index in [0.717, 1.165) is 0 Å². The zero-order valence-corrected chi connectivity index (χ0v) is 11.3. The van der Waals surface area contributed by atoms with E-state index in [1.54, 1.807) is 56.9 Å². The van der Waals surface area contributed by atoms with Crippen molar-refractivity contribution in [2.45, 2.75) is 0 Å². The smallest absolute Gasteiger partial charge is 0.248 e. The van der Waals surface area contributed by atoms with Crippen molar-refractivity contribution in [3.8, 4) is 11.5 Å². The first-order valence-corrected chi connectivity index (χ1v) is 5.97. The Morgan fingerprint density at radius 2 is 2.00 bits per heavy atom. The molecule has 0 spiro atoms. The van der Waals surface area contributed by atoms with Gasteiger partial charge in [0.15, 0.2) is 11.5 Å². The fraction of sp³-hybridized carbons (Fsp3) is 0.133. The van der Waals surface area contributed by atoms with Gasteiger partial charge in [0.25, 0.3) is 0 Å².